The van der Waals surface area contributed by atoms with Crippen molar-refractivity contribution in [3.8, 4) is 0 Å². The predicted molar refractivity (Wildman–Crippen MR) is 78.9 cm³/mol. The Kier molecular flexibility index (Phi) is 3.85. The van der Waals surface area contributed by atoms with Gasteiger partial charge in [0, 0.05) is 17.3 Å². The van der Waals surface area contributed by atoms with Gasteiger partial charge >= 0.3 is 6.03 Å². The van der Waals surface area contributed by atoms with Crippen LogP contribution >= 0.6 is 11.6 Å². The number of halogens is 1. The number of carbonyl (C=O) groups excluding carboxylic acids is 1. The van der Waals surface area contributed by atoms with Gasteiger partial charge in [-0.3, -0.25) is 4.90 Å². The first-order valence-corrected chi connectivity index (χ1v) is 7.56. The lowest BCUT2D eigenvalue weighted by atomic mass is 9.91. The lowest BCUT2D eigenvalue weighted by Crippen LogP contribution is -2.51. The van der Waals surface area contributed by atoms with Crippen molar-refractivity contribution in [3.63, 3.8) is 0 Å². The topological polar surface area (TPSA) is 41.6 Å². The monoisotopic (exact) mass is 294 g/mol. The molecule has 1 aromatic carbocycles. The molecule has 1 saturated heterocycles. The van der Waals surface area contributed by atoms with Gasteiger partial charge in [0.15, 0.2) is 0 Å². The lowest BCUT2D eigenvalue weighted by molar-refractivity contribution is -0.0867. The number of urea groups is 1. The molecular weight excluding hydrogens is 276 g/mol. The lowest BCUT2D eigenvalue weighted by Gasteiger charge is -2.39. The van der Waals surface area contributed by atoms with Crippen molar-refractivity contribution in [2.75, 3.05) is 18.5 Å². The summed E-state index contributed by atoms with van der Waals surface area (Å²) in [5.74, 6) is 0. The number of amides is 2. The summed E-state index contributed by atoms with van der Waals surface area (Å²) in [7, 11) is 0. The molecule has 0 unspecified atom stereocenters. The van der Waals surface area contributed by atoms with Gasteiger partial charge in [0.1, 0.15) is 5.72 Å². The summed E-state index contributed by atoms with van der Waals surface area (Å²) in [6.07, 6.45) is 5.36. The number of benzene rings is 1. The molecule has 0 radical (unpaired) electrons. The van der Waals surface area contributed by atoms with Crippen LogP contribution < -0.4 is 5.32 Å². The minimum atomic E-state index is -0.374. The molecule has 0 aromatic heterocycles. The summed E-state index contributed by atoms with van der Waals surface area (Å²) in [4.78, 5) is 14.3. The molecule has 1 saturated carbocycles. The van der Waals surface area contributed by atoms with E-state index in [0.29, 0.717) is 18.2 Å². The highest BCUT2D eigenvalue weighted by Gasteiger charge is 2.45. The molecule has 108 valence electrons. The van der Waals surface area contributed by atoms with Crippen LogP contribution in [-0.4, -0.2) is 29.8 Å². The van der Waals surface area contributed by atoms with Crippen LogP contribution in [0.2, 0.25) is 5.02 Å². The van der Waals surface area contributed by atoms with E-state index in [1.165, 1.54) is 6.42 Å². The molecule has 0 atom stereocenters. The van der Waals surface area contributed by atoms with E-state index >= 15 is 0 Å². The number of hydrogen-bond donors (Lipinski definition) is 1. The van der Waals surface area contributed by atoms with Gasteiger partial charge in [-0.15, -0.1) is 0 Å². The zero-order chi connectivity index (χ0) is 14.0. The molecule has 20 heavy (non-hydrogen) atoms. The number of nitrogens with zero attached hydrogens (tertiary/aromatic N) is 1. The Bertz CT molecular complexity index is 500. The fraction of sp³-hybridized carbons (Fsp3) is 0.533. The van der Waals surface area contributed by atoms with Crippen molar-refractivity contribution < 1.29 is 9.53 Å². The van der Waals surface area contributed by atoms with E-state index < -0.39 is 0 Å². The third kappa shape index (κ3) is 2.63. The number of ether oxygens (including phenoxy) is 1. The molecule has 5 heteroatoms. The van der Waals surface area contributed by atoms with E-state index in [4.69, 9.17) is 16.3 Å². The van der Waals surface area contributed by atoms with Crippen molar-refractivity contribution in [1.29, 1.82) is 0 Å². The van der Waals surface area contributed by atoms with Crippen LogP contribution in [-0.2, 0) is 4.74 Å². The molecule has 4 nitrogen and oxygen atoms in total. The van der Waals surface area contributed by atoms with Gasteiger partial charge in [0.25, 0.3) is 0 Å². The molecular formula is C15H19ClN2O2. The van der Waals surface area contributed by atoms with Gasteiger partial charge in [-0.25, -0.2) is 4.79 Å². The summed E-state index contributed by atoms with van der Waals surface area (Å²) < 4.78 is 5.92. The second-order valence-electron chi connectivity index (χ2n) is 5.45. The molecule has 1 aromatic rings. The number of anilines is 1. The summed E-state index contributed by atoms with van der Waals surface area (Å²) in [5.41, 5.74) is 0.348. The fourth-order valence-corrected chi connectivity index (χ4v) is 3.36. The van der Waals surface area contributed by atoms with Crippen LogP contribution in [0.3, 0.4) is 0 Å². The minimum Gasteiger partial charge on any atom is -0.354 e. The highest BCUT2D eigenvalue weighted by Crippen LogP contribution is 2.38. The first kappa shape index (κ1) is 13.7. The van der Waals surface area contributed by atoms with E-state index in [0.717, 1.165) is 31.4 Å². The van der Waals surface area contributed by atoms with Gasteiger partial charge in [0.05, 0.1) is 6.61 Å². The zero-order valence-corrected chi connectivity index (χ0v) is 12.2. The average molecular weight is 295 g/mol. The SMILES string of the molecule is O=C(Nc1cccc(Cl)c1)N1CCOC12CCCCC2. The predicted octanol–water partition coefficient (Wildman–Crippen LogP) is 3.86. The van der Waals surface area contributed by atoms with Crippen LogP contribution in [0.4, 0.5) is 10.5 Å². The summed E-state index contributed by atoms with van der Waals surface area (Å²) in [6, 6.07) is 7.12. The largest absolute Gasteiger partial charge is 0.354 e. The third-order valence-electron chi connectivity index (χ3n) is 4.13. The van der Waals surface area contributed by atoms with Crippen LogP contribution in [0.1, 0.15) is 32.1 Å². The summed E-state index contributed by atoms with van der Waals surface area (Å²) in [5, 5.41) is 3.54. The Morgan fingerprint density at radius 3 is 2.85 bits per heavy atom. The maximum absolute atomic E-state index is 12.5. The Morgan fingerprint density at radius 2 is 2.10 bits per heavy atom. The maximum Gasteiger partial charge on any atom is 0.324 e. The molecule has 1 spiro atoms. The Morgan fingerprint density at radius 1 is 1.30 bits per heavy atom. The van der Waals surface area contributed by atoms with Crippen LogP contribution in [0.25, 0.3) is 0 Å². The van der Waals surface area contributed by atoms with E-state index in [1.807, 2.05) is 17.0 Å². The van der Waals surface area contributed by atoms with E-state index in [9.17, 15) is 4.79 Å². The fourth-order valence-electron chi connectivity index (χ4n) is 3.17. The molecule has 2 fully saturated rings. The van der Waals surface area contributed by atoms with Gasteiger partial charge in [-0.1, -0.05) is 24.1 Å². The Balaban J connectivity index is 1.73. The van der Waals surface area contributed by atoms with E-state index in [1.54, 1.807) is 12.1 Å². The van der Waals surface area contributed by atoms with Crippen LogP contribution in [0.5, 0.6) is 0 Å². The van der Waals surface area contributed by atoms with Crippen molar-refractivity contribution in [2.24, 2.45) is 0 Å². The molecule has 1 aliphatic carbocycles. The second-order valence-corrected chi connectivity index (χ2v) is 5.88. The molecule has 3 rings (SSSR count). The zero-order valence-electron chi connectivity index (χ0n) is 11.4. The van der Waals surface area contributed by atoms with Gasteiger partial charge in [-0.05, 0) is 43.9 Å². The van der Waals surface area contributed by atoms with Gasteiger partial charge in [-0.2, -0.15) is 0 Å². The number of carbonyl (C=O) groups is 1. The van der Waals surface area contributed by atoms with Crippen LogP contribution in [0.15, 0.2) is 24.3 Å². The molecule has 1 N–H and O–H groups in total. The Hall–Kier alpha value is -1.26. The maximum atomic E-state index is 12.5. The summed E-state index contributed by atoms with van der Waals surface area (Å²) in [6.45, 7) is 1.29. The quantitative estimate of drug-likeness (QED) is 0.854. The summed E-state index contributed by atoms with van der Waals surface area (Å²) >= 11 is 5.94. The standard InChI is InChI=1S/C15H19ClN2O2/c16-12-5-4-6-13(11-12)17-14(19)18-9-10-20-15(18)7-2-1-3-8-15/h4-6,11H,1-3,7-10H2,(H,17,19). The second kappa shape index (κ2) is 5.62. The van der Waals surface area contributed by atoms with Crippen molar-refractivity contribution in [3.05, 3.63) is 29.3 Å². The smallest absolute Gasteiger partial charge is 0.324 e. The molecule has 0 bridgehead atoms. The first-order chi connectivity index (χ1) is 9.70. The van der Waals surface area contributed by atoms with Gasteiger partial charge < -0.3 is 10.1 Å². The third-order valence-corrected chi connectivity index (χ3v) is 4.37. The first-order valence-electron chi connectivity index (χ1n) is 7.18. The normalized spacial score (nSPS) is 21.1. The van der Waals surface area contributed by atoms with Crippen LogP contribution in [0, 0.1) is 0 Å². The van der Waals surface area contributed by atoms with Crippen molar-refractivity contribution >= 4 is 23.3 Å². The minimum absolute atomic E-state index is 0.0910. The molecule has 2 aliphatic rings. The highest BCUT2D eigenvalue weighted by molar-refractivity contribution is 6.30. The van der Waals surface area contributed by atoms with Crippen molar-refractivity contribution in [2.45, 2.75) is 37.8 Å². The van der Waals surface area contributed by atoms with Gasteiger partial charge in [0.2, 0.25) is 0 Å². The van der Waals surface area contributed by atoms with E-state index in [-0.39, 0.29) is 11.8 Å². The number of rotatable bonds is 1. The van der Waals surface area contributed by atoms with E-state index in [2.05, 4.69) is 5.32 Å². The highest BCUT2D eigenvalue weighted by atomic mass is 35.5. The Labute approximate surface area is 124 Å². The van der Waals surface area contributed by atoms with Crippen molar-refractivity contribution in [1.82, 2.24) is 4.90 Å². The molecule has 2 amide bonds. The average Bonchev–Trinajstić information content (AvgIpc) is 2.83. The molecule has 1 heterocycles. The number of nitrogens with one attached hydrogen (secondary N) is 1. The molecule has 1 aliphatic heterocycles. The number of hydrogen-bond acceptors (Lipinski definition) is 2.